The summed E-state index contributed by atoms with van der Waals surface area (Å²) in [5, 5.41) is 14.1. The Labute approximate surface area is 211 Å². The van der Waals surface area contributed by atoms with Crippen molar-refractivity contribution in [1.82, 2.24) is 30.1 Å². The maximum atomic E-state index is 13.2. The van der Waals surface area contributed by atoms with Gasteiger partial charge in [0.25, 0.3) is 5.56 Å². The summed E-state index contributed by atoms with van der Waals surface area (Å²) in [6.45, 7) is 7.54. The van der Waals surface area contributed by atoms with Crippen LogP contribution in [0.2, 0.25) is 0 Å². The third kappa shape index (κ3) is 5.14. The molecule has 1 saturated carbocycles. The first kappa shape index (κ1) is 24.4. The Morgan fingerprint density at radius 3 is 2.69 bits per heavy atom. The molecule has 36 heavy (non-hydrogen) atoms. The molecule has 3 aromatic heterocycles. The number of H-pyrrole nitrogens is 1. The van der Waals surface area contributed by atoms with Crippen LogP contribution in [0.25, 0.3) is 10.9 Å². The fraction of sp³-hybridized carbons (Fsp3) is 0.500. The van der Waals surface area contributed by atoms with Gasteiger partial charge in [-0.15, -0.1) is 5.10 Å². The number of pyridine rings is 1. The normalized spacial score (nSPS) is 15.8. The van der Waals surface area contributed by atoms with E-state index in [1.165, 1.54) is 24.8 Å². The van der Waals surface area contributed by atoms with Crippen molar-refractivity contribution >= 4 is 10.9 Å². The van der Waals surface area contributed by atoms with Gasteiger partial charge in [-0.05, 0) is 76.9 Å². The number of rotatable bonds is 9. The molecule has 0 spiro atoms. The molecule has 0 aliphatic heterocycles. The molecule has 1 aliphatic carbocycles. The van der Waals surface area contributed by atoms with Crippen molar-refractivity contribution in [3.05, 3.63) is 75.7 Å². The van der Waals surface area contributed by atoms with Gasteiger partial charge in [-0.25, -0.2) is 4.68 Å². The number of aromatic nitrogens is 5. The molecule has 8 heteroatoms. The van der Waals surface area contributed by atoms with Crippen LogP contribution in [0.15, 0.2) is 51.9 Å². The molecule has 1 atom stereocenters. The van der Waals surface area contributed by atoms with Crippen LogP contribution >= 0.6 is 0 Å². The fourth-order valence-corrected chi connectivity index (χ4v) is 5.58. The topological polar surface area (TPSA) is 92.8 Å². The highest BCUT2D eigenvalue weighted by atomic mass is 16.3. The summed E-state index contributed by atoms with van der Waals surface area (Å²) < 4.78 is 7.79. The second kappa shape index (κ2) is 10.8. The lowest BCUT2D eigenvalue weighted by atomic mass is 9.94. The largest absolute Gasteiger partial charge is 0.468 e. The van der Waals surface area contributed by atoms with Crippen LogP contribution in [-0.4, -0.2) is 30.1 Å². The van der Waals surface area contributed by atoms with Gasteiger partial charge < -0.3 is 9.40 Å². The van der Waals surface area contributed by atoms with Crippen LogP contribution in [0.3, 0.4) is 0 Å². The number of tetrazole rings is 1. The smallest absolute Gasteiger partial charge is 0.252 e. The van der Waals surface area contributed by atoms with Gasteiger partial charge in [-0.2, -0.15) is 0 Å². The van der Waals surface area contributed by atoms with Crippen LogP contribution in [0.1, 0.15) is 87.7 Å². The van der Waals surface area contributed by atoms with E-state index in [0.29, 0.717) is 19.1 Å². The molecule has 3 heterocycles. The highest BCUT2D eigenvalue weighted by Crippen LogP contribution is 2.34. The monoisotopic (exact) mass is 488 g/mol. The molecule has 1 fully saturated rings. The predicted octanol–water partition coefficient (Wildman–Crippen LogP) is 5.57. The first-order valence-corrected chi connectivity index (χ1v) is 13.2. The van der Waals surface area contributed by atoms with E-state index < -0.39 is 0 Å². The van der Waals surface area contributed by atoms with Crippen LogP contribution in [0.4, 0.5) is 0 Å². The fourth-order valence-electron chi connectivity index (χ4n) is 5.58. The molecule has 0 radical (unpaired) electrons. The zero-order valence-electron chi connectivity index (χ0n) is 21.5. The van der Waals surface area contributed by atoms with Crippen molar-refractivity contribution < 1.29 is 4.42 Å². The number of hydrogen-bond acceptors (Lipinski definition) is 6. The molecule has 0 saturated heterocycles. The average molecular weight is 489 g/mol. The van der Waals surface area contributed by atoms with E-state index in [1.807, 2.05) is 24.3 Å². The van der Waals surface area contributed by atoms with Crippen LogP contribution in [0.5, 0.6) is 0 Å². The molecule has 0 bridgehead atoms. The predicted molar refractivity (Wildman–Crippen MR) is 139 cm³/mol. The number of aryl methyl sites for hydroxylation is 1. The lowest BCUT2D eigenvalue weighted by Crippen LogP contribution is -2.36. The summed E-state index contributed by atoms with van der Waals surface area (Å²) in [4.78, 5) is 18.5. The SMILES string of the molecule is CCc1ccc2[nH]c(=O)c(CN(Cc3ccco3)[C@@H](c3nnnn3C3CCCCC3)C(C)C)cc2c1. The highest BCUT2D eigenvalue weighted by Gasteiger charge is 2.32. The summed E-state index contributed by atoms with van der Waals surface area (Å²) in [5.74, 6) is 1.94. The van der Waals surface area contributed by atoms with Gasteiger partial charge in [0.05, 0.1) is 24.9 Å². The van der Waals surface area contributed by atoms with Gasteiger partial charge in [0, 0.05) is 17.6 Å². The minimum Gasteiger partial charge on any atom is -0.468 e. The minimum atomic E-state index is -0.0795. The van der Waals surface area contributed by atoms with E-state index in [2.05, 4.69) is 63.0 Å². The average Bonchev–Trinajstić information content (AvgIpc) is 3.57. The molecule has 4 aromatic rings. The third-order valence-corrected chi connectivity index (χ3v) is 7.43. The second-order valence-corrected chi connectivity index (χ2v) is 10.3. The summed E-state index contributed by atoms with van der Waals surface area (Å²) in [5.41, 5.74) is 2.77. The first-order chi connectivity index (χ1) is 17.5. The Kier molecular flexibility index (Phi) is 7.32. The third-order valence-electron chi connectivity index (χ3n) is 7.43. The molecular weight excluding hydrogens is 452 g/mol. The van der Waals surface area contributed by atoms with Gasteiger partial charge in [0.15, 0.2) is 5.82 Å². The number of nitrogens with zero attached hydrogens (tertiary/aromatic N) is 5. The van der Waals surface area contributed by atoms with Gasteiger partial charge in [0.2, 0.25) is 0 Å². The Morgan fingerprint density at radius 1 is 1.14 bits per heavy atom. The number of furan rings is 1. The van der Waals surface area contributed by atoms with Gasteiger partial charge in [-0.3, -0.25) is 9.69 Å². The molecule has 1 aromatic carbocycles. The molecule has 0 unspecified atom stereocenters. The van der Waals surface area contributed by atoms with Crippen LogP contribution in [-0.2, 0) is 19.5 Å². The first-order valence-electron chi connectivity index (χ1n) is 13.2. The van der Waals surface area contributed by atoms with Crippen molar-refractivity contribution in [1.29, 1.82) is 0 Å². The zero-order chi connectivity index (χ0) is 25.1. The van der Waals surface area contributed by atoms with Crippen molar-refractivity contribution in [2.24, 2.45) is 5.92 Å². The van der Waals surface area contributed by atoms with Crippen molar-refractivity contribution in [3.8, 4) is 0 Å². The summed E-state index contributed by atoms with van der Waals surface area (Å²) >= 11 is 0. The number of aromatic amines is 1. The Hall–Kier alpha value is -3.26. The maximum absolute atomic E-state index is 13.2. The standard InChI is InChI=1S/C28H36N6O2/c1-4-20-12-13-25-21(15-20)16-22(28(35)29-25)17-33(18-24-11-8-14-36-24)26(19(2)3)27-30-31-32-34(27)23-9-6-5-7-10-23/h8,11-16,19,23,26H,4-7,9-10,17-18H2,1-3H3,(H,29,35)/t26-/m1/s1. The van der Waals surface area contributed by atoms with Gasteiger partial charge in [0.1, 0.15) is 5.76 Å². The molecule has 190 valence electrons. The minimum absolute atomic E-state index is 0.0643. The Balaban J connectivity index is 1.54. The molecule has 1 N–H and O–H groups in total. The summed E-state index contributed by atoms with van der Waals surface area (Å²) in [6.07, 6.45) is 8.54. The van der Waals surface area contributed by atoms with E-state index in [0.717, 1.165) is 47.3 Å². The lowest BCUT2D eigenvalue weighted by Gasteiger charge is -2.34. The van der Waals surface area contributed by atoms with E-state index >= 15 is 0 Å². The van der Waals surface area contributed by atoms with E-state index in [1.54, 1.807) is 6.26 Å². The summed E-state index contributed by atoms with van der Waals surface area (Å²) in [6, 6.07) is 12.4. The van der Waals surface area contributed by atoms with Gasteiger partial charge >= 0.3 is 0 Å². The van der Waals surface area contributed by atoms with E-state index in [-0.39, 0.29) is 17.5 Å². The Morgan fingerprint density at radius 2 is 1.97 bits per heavy atom. The number of fused-ring (bicyclic) bond motifs is 1. The zero-order valence-corrected chi connectivity index (χ0v) is 21.5. The number of hydrogen-bond donors (Lipinski definition) is 1. The van der Waals surface area contributed by atoms with Gasteiger partial charge in [-0.1, -0.05) is 46.1 Å². The van der Waals surface area contributed by atoms with Crippen molar-refractivity contribution in [3.63, 3.8) is 0 Å². The second-order valence-electron chi connectivity index (χ2n) is 10.3. The van der Waals surface area contributed by atoms with Crippen molar-refractivity contribution in [2.75, 3.05) is 0 Å². The lowest BCUT2D eigenvalue weighted by molar-refractivity contribution is 0.112. The molecule has 0 amide bonds. The number of benzene rings is 1. The highest BCUT2D eigenvalue weighted by molar-refractivity contribution is 5.79. The number of nitrogens with one attached hydrogen (secondary N) is 1. The summed E-state index contributed by atoms with van der Waals surface area (Å²) in [7, 11) is 0. The van der Waals surface area contributed by atoms with Crippen LogP contribution in [0, 0.1) is 5.92 Å². The molecule has 1 aliphatic rings. The van der Waals surface area contributed by atoms with Crippen LogP contribution < -0.4 is 5.56 Å². The van der Waals surface area contributed by atoms with Crippen molar-refractivity contribution in [2.45, 2.75) is 84.5 Å². The molecular formula is C28H36N6O2. The van der Waals surface area contributed by atoms with E-state index in [4.69, 9.17) is 4.42 Å². The molecule has 5 rings (SSSR count). The quantitative estimate of drug-likeness (QED) is 0.331. The molecule has 8 nitrogen and oxygen atoms in total. The maximum Gasteiger partial charge on any atom is 0.252 e. The Bertz CT molecular complexity index is 1330. The van der Waals surface area contributed by atoms with E-state index in [9.17, 15) is 4.79 Å².